The number of esters is 1. The lowest BCUT2D eigenvalue weighted by Gasteiger charge is -2.11. The molecule has 0 bridgehead atoms. The van der Waals surface area contributed by atoms with E-state index in [-0.39, 0.29) is 17.0 Å². The molecule has 0 aromatic heterocycles. The summed E-state index contributed by atoms with van der Waals surface area (Å²) < 4.78 is 4.60. The van der Waals surface area contributed by atoms with Crippen LogP contribution in [0.2, 0.25) is 0 Å². The van der Waals surface area contributed by atoms with E-state index in [1.807, 2.05) is 6.26 Å². The molecule has 4 heteroatoms. The van der Waals surface area contributed by atoms with Crippen molar-refractivity contribution in [3.05, 3.63) is 0 Å². The van der Waals surface area contributed by atoms with Crippen molar-refractivity contribution in [3.8, 4) is 0 Å². The molecule has 0 aromatic rings. The smallest absolute Gasteiger partial charge is 0.306 e. The first-order valence-electron chi connectivity index (χ1n) is 5.75. The fraction of sp³-hybridized carbons (Fsp3) is 0.833. The van der Waals surface area contributed by atoms with Gasteiger partial charge in [0.05, 0.1) is 13.5 Å². The number of ether oxygens (including phenoxy) is 1. The van der Waals surface area contributed by atoms with Gasteiger partial charge < -0.3 is 4.74 Å². The van der Waals surface area contributed by atoms with E-state index in [4.69, 9.17) is 0 Å². The van der Waals surface area contributed by atoms with Gasteiger partial charge in [-0.05, 0) is 12.7 Å². The zero-order chi connectivity index (χ0) is 12.4. The molecule has 0 N–H and O–H groups in total. The average Bonchev–Trinajstić information content (AvgIpc) is 2.28. The molecule has 0 amide bonds. The molecule has 0 radical (unpaired) electrons. The fourth-order valence-corrected chi connectivity index (χ4v) is 2.09. The summed E-state index contributed by atoms with van der Waals surface area (Å²) >= 11 is 1.56. The Kier molecular flexibility index (Phi) is 9.39. The van der Waals surface area contributed by atoms with Gasteiger partial charge in [-0.2, -0.15) is 11.8 Å². The molecular weight excluding hydrogens is 224 g/mol. The first kappa shape index (κ1) is 15.5. The third-order valence-electron chi connectivity index (χ3n) is 2.47. The van der Waals surface area contributed by atoms with Crippen molar-refractivity contribution in [2.75, 3.05) is 13.4 Å². The van der Waals surface area contributed by atoms with Gasteiger partial charge in [-0.25, -0.2) is 0 Å². The molecule has 0 rings (SSSR count). The molecule has 1 unspecified atom stereocenters. The Hall–Kier alpha value is -0.510. The van der Waals surface area contributed by atoms with Crippen LogP contribution in [0, 0.1) is 0 Å². The minimum Gasteiger partial charge on any atom is -0.469 e. The lowest BCUT2D eigenvalue weighted by Crippen LogP contribution is -2.16. The molecule has 0 aliphatic carbocycles. The van der Waals surface area contributed by atoms with Crippen molar-refractivity contribution in [3.63, 3.8) is 0 Å². The predicted octanol–water partition coefficient (Wildman–Crippen LogP) is 2.82. The van der Waals surface area contributed by atoms with Gasteiger partial charge in [-0.3, -0.25) is 9.59 Å². The highest BCUT2D eigenvalue weighted by Crippen LogP contribution is 2.17. The second-order valence-corrected chi connectivity index (χ2v) is 4.98. The third-order valence-corrected chi connectivity index (χ3v) is 3.47. The monoisotopic (exact) mass is 246 g/mol. The molecule has 0 fully saturated rings. The Bertz CT molecular complexity index is 216. The van der Waals surface area contributed by atoms with Gasteiger partial charge in [0, 0.05) is 18.1 Å². The van der Waals surface area contributed by atoms with E-state index in [1.165, 1.54) is 7.11 Å². The lowest BCUT2D eigenvalue weighted by molar-refractivity contribution is -0.140. The van der Waals surface area contributed by atoms with E-state index in [9.17, 15) is 9.59 Å². The highest BCUT2D eigenvalue weighted by Gasteiger charge is 2.16. The molecular formula is C12H22O3S. The number of Topliss-reactive ketones (excluding diaryl/α,β-unsaturated/α-hetero) is 1. The lowest BCUT2D eigenvalue weighted by atomic mass is 10.1. The molecule has 0 spiro atoms. The Labute approximate surface area is 102 Å². The molecule has 0 saturated heterocycles. The summed E-state index contributed by atoms with van der Waals surface area (Å²) in [5.74, 6) is 0.0254. The second-order valence-electron chi connectivity index (χ2n) is 3.84. The Morgan fingerprint density at radius 1 is 1.25 bits per heavy atom. The van der Waals surface area contributed by atoms with Crippen molar-refractivity contribution in [2.45, 2.75) is 50.7 Å². The zero-order valence-corrected chi connectivity index (χ0v) is 11.3. The largest absolute Gasteiger partial charge is 0.469 e. The van der Waals surface area contributed by atoms with E-state index in [2.05, 4.69) is 11.7 Å². The summed E-state index contributed by atoms with van der Waals surface area (Å²) in [7, 11) is 1.38. The molecule has 0 saturated carbocycles. The first-order valence-corrected chi connectivity index (χ1v) is 7.04. The number of rotatable bonds is 9. The van der Waals surface area contributed by atoms with Gasteiger partial charge in [0.15, 0.2) is 0 Å². The first-order chi connectivity index (χ1) is 7.63. The number of carbonyl (C=O) groups excluding carboxylic acids is 2. The van der Waals surface area contributed by atoms with Crippen molar-refractivity contribution in [1.82, 2.24) is 0 Å². The van der Waals surface area contributed by atoms with E-state index in [0.29, 0.717) is 19.3 Å². The number of ketones is 1. The maximum atomic E-state index is 11.6. The molecule has 94 valence electrons. The van der Waals surface area contributed by atoms with Crippen LogP contribution < -0.4 is 0 Å². The number of thioether (sulfide) groups is 1. The van der Waals surface area contributed by atoms with E-state index >= 15 is 0 Å². The van der Waals surface area contributed by atoms with E-state index < -0.39 is 0 Å². The normalized spacial score (nSPS) is 12.2. The van der Waals surface area contributed by atoms with E-state index in [1.54, 1.807) is 11.8 Å². The van der Waals surface area contributed by atoms with Crippen LogP contribution in [0.4, 0.5) is 0 Å². The highest BCUT2D eigenvalue weighted by molar-refractivity contribution is 7.99. The Balaban J connectivity index is 3.83. The van der Waals surface area contributed by atoms with Crippen LogP contribution in [-0.2, 0) is 14.3 Å². The Morgan fingerprint density at radius 3 is 2.44 bits per heavy atom. The summed E-state index contributed by atoms with van der Waals surface area (Å²) in [4.78, 5) is 22.7. The van der Waals surface area contributed by atoms with Crippen LogP contribution >= 0.6 is 11.8 Å². The SMILES string of the molecule is CCCCCC(=O)CC(CC(=O)OC)SC. The highest BCUT2D eigenvalue weighted by atomic mass is 32.2. The molecule has 3 nitrogen and oxygen atoms in total. The number of methoxy groups -OCH3 is 1. The van der Waals surface area contributed by atoms with Crippen LogP contribution in [0.5, 0.6) is 0 Å². The second kappa shape index (κ2) is 9.70. The summed E-state index contributed by atoms with van der Waals surface area (Å²) in [6.07, 6.45) is 6.58. The van der Waals surface area contributed by atoms with Gasteiger partial charge in [0.25, 0.3) is 0 Å². The number of carbonyl (C=O) groups is 2. The third kappa shape index (κ3) is 7.74. The fourth-order valence-electron chi connectivity index (χ4n) is 1.44. The number of hydrogen-bond acceptors (Lipinski definition) is 4. The molecule has 16 heavy (non-hydrogen) atoms. The quantitative estimate of drug-likeness (QED) is 0.463. The summed E-state index contributed by atoms with van der Waals surface area (Å²) in [5, 5.41) is 0.0709. The number of unbranched alkanes of at least 4 members (excludes halogenated alkanes) is 2. The van der Waals surface area contributed by atoms with Gasteiger partial charge >= 0.3 is 5.97 Å². The molecule has 0 aliphatic rings. The zero-order valence-electron chi connectivity index (χ0n) is 10.5. The summed E-state index contributed by atoms with van der Waals surface area (Å²) in [6, 6.07) is 0. The van der Waals surface area contributed by atoms with Crippen LogP contribution in [0.1, 0.15) is 45.4 Å². The van der Waals surface area contributed by atoms with Crippen LogP contribution in [0.25, 0.3) is 0 Å². The van der Waals surface area contributed by atoms with Crippen molar-refractivity contribution in [1.29, 1.82) is 0 Å². The number of hydrogen-bond donors (Lipinski definition) is 0. The van der Waals surface area contributed by atoms with E-state index in [0.717, 1.165) is 19.3 Å². The van der Waals surface area contributed by atoms with Gasteiger partial charge in [-0.1, -0.05) is 19.8 Å². The average molecular weight is 246 g/mol. The summed E-state index contributed by atoms with van der Waals surface area (Å²) in [6.45, 7) is 2.12. The molecule has 0 aliphatic heterocycles. The standard InChI is InChI=1S/C12H22O3S/c1-4-5-6-7-10(13)8-11(16-3)9-12(14)15-2/h11H,4-9H2,1-3H3. The topological polar surface area (TPSA) is 43.4 Å². The van der Waals surface area contributed by atoms with Crippen LogP contribution in [0.3, 0.4) is 0 Å². The van der Waals surface area contributed by atoms with Crippen LogP contribution in [-0.4, -0.2) is 30.4 Å². The maximum absolute atomic E-state index is 11.6. The molecule has 0 aromatic carbocycles. The minimum absolute atomic E-state index is 0.0709. The van der Waals surface area contributed by atoms with Crippen molar-refractivity contribution < 1.29 is 14.3 Å². The predicted molar refractivity (Wildman–Crippen MR) is 67.7 cm³/mol. The van der Waals surface area contributed by atoms with Crippen molar-refractivity contribution >= 4 is 23.5 Å². The van der Waals surface area contributed by atoms with Gasteiger partial charge in [-0.15, -0.1) is 0 Å². The summed E-state index contributed by atoms with van der Waals surface area (Å²) in [5.41, 5.74) is 0. The van der Waals surface area contributed by atoms with Gasteiger partial charge in [0.2, 0.25) is 0 Å². The van der Waals surface area contributed by atoms with Gasteiger partial charge in [0.1, 0.15) is 5.78 Å². The molecule has 1 atom stereocenters. The molecule has 0 heterocycles. The Morgan fingerprint density at radius 2 is 1.94 bits per heavy atom. The maximum Gasteiger partial charge on any atom is 0.306 e. The van der Waals surface area contributed by atoms with Crippen LogP contribution in [0.15, 0.2) is 0 Å². The minimum atomic E-state index is -0.235. The van der Waals surface area contributed by atoms with Crippen molar-refractivity contribution in [2.24, 2.45) is 0 Å².